The number of carboxylic acids is 1. The van der Waals surface area contributed by atoms with Crippen molar-refractivity contribution in [1.29, 1.82) is 0 Å². The van der Waals surface area contributed by atoms with E-state index in [0.29, 0.717) is 31.4 Å². The topological polar surface area (TPSA) is 91.8 Å². The lowest BCUT2D eigenvalue weighted by Gasteiger charge is -2.23. The molecule has 1 amide bonds. The Kier molecular flexibility index (Phi) is 4.55. The minimum absolute atomic E-state index is 0.0686. The van der Waals surface area contributed by atoms with E-state index in [1.54, 1.807) is 6.07 Å². The first kappa shape index (κ1) is 16.5. The Balaban J connectivity index is 2.46. The lowest BCUT2D eigenvalue weighted by molar-refractivity contribution is -0.141. The molecule has 1 fully saturated rings. The van der Waals surface area contributed by atoms with Crippen molar-refractivity contribution in [2.75, 3.05) is 12.8 Å². The van der Waals surface area contributed by atoms with Crippen molar-refractivity contribution in [2.24, 2.45) is 0 Å². The Hall–Kier alpha value is -1.89. The van der Waals surface area contributed by atoms with Gasteiger partial charge in [0.25, 0.3) is 5.91 Å². The lowest BCUT2D eigenvalue weighted by atomic mass is 10.0. The first-order valence-corrected chi connectivity index (χ1v) is 9.01. The molecule has 1 atom stereocenters. The first-order valence-electron chi connectivity index (χ1n) is 7.12. The maximum absolute atomic E-state index is 12.7. The number of carboxylic acid groups (broad SMARTS) is 1. The summed E-state index contributed by atoms with van der Waals surface area (Å²) in [6.07, 6.45) is 2.71. The molecule has 1 N–H and O–H groups in total. The van der Waals surface area contributed by atoms with Crippen molar-refractivity contribution in [3.05, 3.63) is 29.3 Å². The molecule has 1 aromatic rings. The van der Waals surface area contributed by atoms with Crippen LogP contribution in [0.15, 0.2) is 23.1 Å². The van der Waals surface area contributed by atoms with Gasteiger partial charge in [-0.1, -0.05) is 13.0 Å². The molecule has 1 heterocycles. The maximum atomic E-state index is 12.7. The number of hydrogen-bond donors (Lipinski definition) is 1. The number of nitrogens with zero attached hydrogens (tertiary/aromatic N) is 1. The predicted octanol–water partition coefficient (Wildman–Crippen LogP) is 1.34. The summed E-state index contributed by atoms with van der Waals surface area (Å²) in [5, 5.41) is 9.20. The molecule has 1 aromatic carbocycles. The van der Waals surface area contributed by atoms with Gasteiger partial charge in [0, 0.05) is 18.4 Å². The van der Waals surface area contributed by atoms with Crippen LogP contribution in [0.1, 0.15) is 35.7 Å². The number of aryl methyl sites for hydroxylation is 1. The first-order chi connectivity index (χ1) is 10.3. The molecule has 1 aliphatic rings. The normalized spacial score (nSPS) is 18.5. The van der Waals surface area contributed by atoms with Gasteiger partial charge < -0.3 is 10.0 Å². The van der Waals surface area contributed by atoms with E-state index in [-0.39, 0.29) is 10.5 Å². The largest absolute Gasteiger partial charge is 0.480 e. The Labute approximate surface area is 129 Å². The van der Waals surface area contributed by atoms with Crippen LogP contribution in [-0.2, 0) is 21.1 Å². The molecule has 22 heavy (non-hydrogen) atoms. The number of sulfone groups is 1. The molecule has 0 saturated carbocycles. The number of aliphatic carboxylic acids is 1. The number of carbonyl (C=O) groups excluding carboxylic acids is 1. The van der Waals surface area contributed by atoms with Crippen molar-refractivity contribution >= 4 is 21.7 Å². The van der Waals surface area contributed by atoms with Gasteiger partial charge in [-0.15, -0.1) is 0 Å². The fourth-order valence-electron chi connectivity index (χ4n) is 2.71. The fraction of sp³-hybridized carbons (Fsp3) is 0.467. The summed E-state index contributed by atoms with van der Waals surface area (Å²) in [5.41, 5.74) is 0.993. The van der Waals surface area contributed by atoms with Gasteiger partial charge >= 0.3 is 5.97 Å². The van der Waals surface area contributed by atoms with Crippen molar-refractivity contribution < 1.29 is 23.1 Å². The summed E-state index contributed by atoms with van der Waals surface area (Å²) in [4.78, 5) is 25.3. The molecule has 120 valence electrons. The number of likely N-dealkylation sites (tertiary alicyclic amines) is 1. The van der Waals surface area contributed by atoms with Crippen LogP contribution in [0.3, 0.4) is 0 Å². The average molecular weight is 325 g/mol. The maximum Gasteiger partial charge on any atom is 0.326 e. The average Bonchev–Trinajstić information content (AvgIpc) is 2.94. The molecule has 1 saturated heterocycles. The SMILES string of the molecule is CCc1ccc(S(C)(=O)=O)cc1C(=O)N1CCCC1C(=O)O. The highest BCUT2D eigenvalue weighted by molar-refractivity contribution is 7.90. The molecule has 0 bridgehead atoms. The van der Waals surface area contributed by atoms with E-state index >= 15 is 0 Å². The molecular weight excluding hydrogens is 306 g/mol. The second kappa shape index (κ2) is 6.08. The number of benzene rings is 1. The zero-order chi connectivity index (χ0) is 16.5. The van der Waals surface area contributed by atoms with E-state index in [1.807, 2.05) is 6.92 Å². The zero-order valence-corrected chi connectivity index (χ0v) is 13.4. The number of rotatable bonds is 4. The second-order valence-electron chi connectivity index (χ2n) is 5.44. The number of amides is 1. The Morgan fingerprint density at radius 1 is 1.36 bits per heavy atom. The Morgan fingerprint density at radius 2 is 2.05 bits per heavy atom. The Bertz CT molecular complexity index is 711. The van der Waals surface area contributed by atoms with Gasteiger partial charge in [0.1, 0.15) is 6.04 Å². The molecule has 0 aliphatic carbocycles. The zero-order valence-electron chi connectivity index (χ0n) is 12.6. The molecule has 2 rings (SSSR count). The molecule has 0 spiro atoms. The minimum Gasteiger partial charge on any atom is -0.480 e. The third-order valence-corrected chi connectivity index (χ3v) is 5.03. The van der Waals surface area contributed by atoms with E-state index in [9.17, 15) is 23.1 Å². The monoisotopic (exact) mass is 325 g/mol. The van der Waals surface area contributed by atoms with Crippen molar-refractivity contribution in [3.63, 3.8) is 0 Å². The van der Waals surface area contributed by atoms with Gasteiger partial charge in [-0.25, -0.2) is 13.2 Å². The van der Waals surface area contributed by atoms with Crippen LogP contribution in [0.5, 0.6) is 0 Å². The molecule has 6 nitrogen and oxygen atoms in total. The summed E-state index contributed by atoms with van der Waals surface area (Å²) in [6.45, 7) is 2.24. The molecule has 1 unspecified atom stereocenters. The van der Waals surface area contributed by atoms with Gasteiger partial charge in [-0.3, -0.25) is 4.79 Å². The van der Waals surface area contributed by atoms with Crippen LogP contribution in [0.4, 0.5) is 0 Å². The smallest absolute Gasteiger partial charge is 0.326 e. The lowest BCUT2D eigenvalue weighted by Crippen LogP contribution is -2.40. The molecule has 1 aliphatic heterocycles. The van der Waals surface area contributed by atoms with Crippen LogP contribution in [0, 0.1) is 0 Å². The highest BCUT2D eigenvalue weighted by atomic mass is 32.2. The molecule has 7 heteroatoms. The Morgan fingerprint density at radius 3 is 2.59 bits per heavy atom. The van der Waals surface area contributed by atoms with E-state index in [4.69, 9.17) is 0 Å². The van der Waals surface area contributed by atoms with Crippen LogP contribution in [-0.4, -0.2) is 49.1 Å². The highest BCUT2D eigenvalue weighted by Gasteiger charge is 2.35. The second-order valence-corrected chi connectivity index (χ2v) is 7.46. The van der Waals surface area contributed by atoms with Crippen molar-refractivity contribution in [2.45, 2.75) is 37.1 Å². The summed E-state index contributed by atoms with van der Waals surface area (Å²) < 4.78 is 23.4. The van der Waals surface area contributed by atoms with Gasteiger partial charge in [0.2, 0.25) is 0 Å². The summed E-state index contributed by atoms with van der Waals surface area (Å²) in [5.74, 6) is -1.43. The quantitative estimate of drug-likeness (QED) is 0.902. The number of carbonyl (C=O) groups is 2. The van der Waals surface area contributed by atoms with Crippen LogP contribution >= 0.6 is 0 Å². The summed E-state index contributed by atoms with van der Waals surface area (Å²) in [7, 11) is -3.42. The van der Waals surface area contributed by atoms with Crippen molar-refractivity contribution in [3.8, 4) is 0 Å². The highest BCUT2D eigenvalue weighted by Crippen LogP contribution is 2.24. The van der Waals surface area contributed by atoms with E-state index in [0.717, 1.165) is 6.26 Å². The van der Waals surface area contributed by atoms with Gasteiger partial charge in [0.05, 0.1) is 4.90 Å². The van der Waals surface area contributed by atoms with E-state index < -0.39 is 27.8 Å². The van der Waals surface area contributed by atoms with E-state index in [2.05, 4.69) is 0 Å². The van der Waals surface area contributed by atoms with Crippen LogP contribution < -0.4 is 0 Å². The van der Waals surface area contributed by atoms with Crippen LogP contribution in [0.2, 0.25) is 0 Å². The number of hydrogen-bond acceptors (Lipinski definition) is 4. The van der Waals surface area contributed by atoms with Crippen LogP contribution in [0.25, 0.3) is 0 Å². The predicted molar refractivity (Wildman–Crippen MR) is 80.6 cm³/mol. The fourth-order valence-corrected chi connectivity index (χ4v) is 3.36. The van der Waals surface area contributed by atoms with E-state index in [1.165, 1.54) is 17.0 Å². The minimum atomic E-state index is -3.42. The molecule has 0 radical (unpaired) electrons. The van der Waals surface area contributed by atoms with Gasteiger partial charge in [-0.05, 0) is 37.0 Å². The standard InChI is InChI=1S/C15H19NO5S/c1-3-10-6-7-11(22(2,20)21)9-12(10)14(17)16-8-4-5-13(16)15(18)19/h6-7,9,13H,3-5,8H2,1-2H3,(H,18,19). The summed E-state index contributed by atoms with van der Waals surface area (Å²) in [6, 6.07) is 3.62. The van der Waals surface area contributed by atoms with Gasteiger partial charge in [-0.2, -0.15) is 0 Å². The molecule has 0 aromatic heterocycles. The molecular formula is C15H19NO5S. The summed E-state index contributed by atoms with van der Waals surface area (Å²) >= 11 is 0. The third-order valence-electron chi connectivity index (χ3n) is 3.92. The van der Waals surface area contributed by atoms with Gasteiger partial charge in [0.15, 0.2) is 9.84 Å². The third kappa shape index (κ3) is 3.14. The van der Waals surface area contributed by atoms with Crippen molar-refractivity contribution in [1.82, 2.24) is 4.90 Å².